The van der Waals surface area contributed by atoms with E-state index >= 15 is 0 Å². The molecule has 1 aromatic carbocycles. The summed E-state index contributed by atoms with van der Waals surface area (Å²) in [5, 5.41) is 0. The lowest BCUT2D eigenvalue weighted by Crippen LogP contribution is -2.53. The first-order valence-electron chi connectivity index (χ1n) is 12.2. The fourth-order valence-corrected chi connectivity index (χ4v) is 8.72. The van der Waals surface area contributed by atoms with Gasteiger partial charge in [-0.05, 0) is 100 Å². The molecule has 4 aliphatic carbocycles. The number of carbonyl (C=O) groups excluding carboxylic acids is 2. The summed E-state index contributed by atoms with van der Waals surface area (Å²) in [4.78, 5) is 26.2. The van der Waals surface area contributed by atoms with Gasteiger partial charge in [-0.3, -0.25) is 9.59 Å². The first-order valence-corrected chi connectivity index (χ1v) is 13.6. The number of carbonyl (C=O) groups is 2. The molecule has 4 saturated carbocycles. The molecule has 0 aromatic heterocycles. The van der Waals surface area contributed by atoms with Gasteiger partial charge >= 0.3 is 5.97 Å². The van der Waals surface area contributed by atoms with E-state index < -0.39 is 33.8 Å². The van der Waals surface area contributed by atoms with E-state index in [4.69, 9.17) is 4.74 Å². The number of rotatable bonds is 6. The Balaban J connectivity index is 1.17. The van der Waals surface area contributed by atoms with Crippen molar-refractivity contribution in [1.82, 2.24) is 4.31 Å². The Labute approximate surface area is 194 Å². The molecule has 0 radical (unpaired) electrons. The highest BCUT2D eigenvalue weighted by Crippen LogP contribution is 2.60. The molecule has 1 saturated heterocycles. The molecule has 5 aliphatic rings. The maximum atomic E-state index is 13.4. The Bertz CT molecular complexity index is 994. The Hall–Kier alpha value is -1.80. The number of hydrogen-bond acceptors (Lipinski definition) is 5. The van der Waals surface area contributed by atoms with Crippen LogP contribution >= 0.6 is 0 Å². The van der Waals surface area contributed by atoms with Gasteiger partial charge in [0.15, 0.2) is 11.9 Å². The number of Topliss-reactive ketones (excluding diaryl/α,β-unsaturated/α-hetero) is 1. The lowest BCUT2D eigenvalue weighted by molar-refractivity contribution is -0.168. The first-order chi connectivity index (χ1) is 15.7. The van der Waals surface area contributed by atoms with Crippen molar-refractivity contribution in [2.45, 2.75) is 69.3 Å². The van der Waals surface area contributed by atoms with Crippen LogP contribution in [0.25, 0.3) is 0 Å². The highest BCUT2D eigenvalue weighted by Gasteiger charge is 2.55. The van der Waals surface area contributed by atoms with Crippen LogP contribution in [-0.2, 0) is 24.3 Å². The van der Waals surface area contributed by atoms with Gasteiger partial charge in [-0.1, -0.05) is 0 Å². The molecule has 0 unspecified atom stereocenters. The summed E-state index contributed by atoms with van der Waals surface area (Å²) in [6, 6.07) is 4.75. The van der Waals surface area contributed by atoms with Crippen molar-refractivity contribution in [3.05, 3.63) is 30.1 Å². The summed E-state index contributed by atoms with van der Waals surface area (Å²) in [5.41, 5.74) is -0.305. The number of esters is 1. The van der Waals surface area contributed by atoms with Gasteiger partial charge in [0.1, 0.15) is 5.82 Å². The van der Waals surface area contributed by atoms with Gasteiger partial charge < -0.3 is 4.74 Å². The summed E-state index contributed by atoms with van der Waals surface area (Å²) >= 11 is 0. The van der Waals surface area contributed by atoms with Crippen LogP contribution in [0.1, 0.15) is 58.3 Å². The zero-order valence-corrected chi connectivity index (χ0v) is 19.9. The van der Waals surface area contributed by atoms with Crippen LogP contribution in [0, 0.1) is 34.9 Å². The Morgan fingerprint density at radius 3 is 2.03 bits per heavy atom. The molecule has 0 spiro atoms. The van der Waals surface area contributed by atoms with Crippen LogP contribution in [0.2, 0.25) is 0 Å². The van der Waals surface area contributed by atoms with Gasteiger partial charge in [-0.2, -0.15) is 4.31 Å². The quantitative estimate of drug-likeness (QED) is 0.580. The number of halogens is 1. The molecule has 1 aromatic rings. The molecular formula is C25H32FNO5S. The average Bonchev–Trinajstić information content (AvgIpc) is 2.78. The molecule has 33 heavy (non-hydrogen) atoms. The second-order valence-electron chi connectivity index (χ2n) is 10.8. The van der Waals surface area contributed by atoms with E-state index in [2.05, 4.69) is 0 Å². The average molecular weight is 478 g/mol. The predicted molar refractivity (Wildman–Crippen MR) is 119 cm³/mol. The van der Waals surface area contributed by atoms with Gasteiger partial charge in [0.05, 0.1) is 10.8 Å². The third-order valence-corrected chi connectivity index (χ3v) is 10.4. The SMILES string of the molecule is C[C@H](OC(=O)C1CCN(S(=O)(=O)c2ccc(F)cc2)CC1)C(=O)C12CC3CC(CC(C3)C1)C2. The number of piperidine rings is 1. The lowest BCUT2D eigenvalue weighted by Gasteiger charge is -2.56. The smallest absolute Gasteiger partial charge is 0.309 e. The Kier molecular flexibility index (Phi) is 5.88. The summed E-state index contributed by atoms with van der Waals surface area (Å²) < 4.78 is 45.7. The fraction of sp³-hybridized carbons (Fsp3) is 0.680. The van der Waals surface area contributed by atoms with Gasteiger partial charge in [0.2, 0.25) is 10.0 Å². The predicted octanol–water partition coefficient (Wildman–Crippen LogP) is 3.94. The second-order valence-corrected chi connectivity index (χ2v) is 12.7. The molecule has 5 fully saturated rings. The van der Waals surface area contributed by atoms with E-state index in [9.17, 15) is 22.4 Å². The minimum atomic E-state index is -3.73. The lowest BCUT2D eigenvalue weighted by atomic mass is 9.48. The molecule has 1 heterocycles. The third-order valence-electron chi connectivity index (χ3n) is 8.46. The standard InChI is InChI=1S/C25H32FNO5S/c1-16(23(28)25-13-17-10-18(14-25)12-19(11-17)15-25)32-24(29)20-6-8-27(9-7-20)33(30,31)22-4-2-21(26)3-5-22/h2-5,16-20H,6-15H2,1H3/t16-,17?,18?,19?,25?/m0/s1. The van der Waals surface area contributed by atoms with Gasteiger partial charge in [-0.25, -0.2) is 12.8 Å². The molecule has 4 bridgehead atoms. The monoisotopic (exact) mass is 477 g/mol. The number of ether oxygens (including phenoxy) is 1. The number of ketones is 1. The van der Waals surface area contributed by atoms with E-state index in [1.165, 1.54) is 35.7 Å². The number of benzene rings is 1. The van der Waals surface area contributed by atoms with E-state index in [0.29, 0.717) is 30.6 Å². The maximum Gasteiger partial charge on any atom is 0.309 e. The molecule has 6 rings (SSSR count). The van der Waals surface area contributed by atoms with Crippen LogP contribution in [0.4, 0.5) is 4.39 Å². The zero-order chi connectivity index (χ0) is 23.4. The molecule has 8 heteroatoms. The third kappa shape index (κ3) is 4.25. The molecule has 0 N–H and O–H groups in total. The Morgan fingerprint density at radius 1 is 1.00 bits per heavy atom. The van der Waals surface area contributed by atoms with Crippen LogP contribution in [0.5, 0.6) is 0 Å². The van der Waals surface area contributed by atoms with Crippen molar-refractivity contribution in [3.63, 3.8) is 0 Å². The van der Waals surface area contributed by atoms with Crippen molar-refractivity contribution >= 4 is 21.8 Å². The highest BCUT2D eigenvalue weighted by atomic mass is 32.2. The van der Waals surface area contributed by atoms with Crippen molar-refractivity contribution < 1.29 is 27.1 Å². The molecule has 180 valence electrons. The van der Waals surface area contributed by atoms with E-state index in [-0.39, 0.29) is 29.2 Å². The molecule has 1 atom stereocenters. The Morgan fingerprint density at radius 2 is 1.52 bits per heavy atom. The summed E-state index contributed by atoms with van der Waals surface area (Å²) in [5.74, 6) is 0.719. The van der Waals surface area contributed by atoms with Crippen LogP contribution < -0.4 is 0 Å². The van der Waals surface area contributed by atoms with Crippen LogP contribution in [0.15, 0.2) is 29.2 Å². The van der Waals surface area contributed by atoms with Crippen molar-refractivity contribution in [2.75, 3.05) is 13.1 Å². The number of hydrogen-bond donors (Lipinski definition) is 0. The number of nitrogens with zero attached hydrogens (tertiary/aromatic N) is 1. The van der Waals surface area contributed by atoms with Crippen LogP contribution in [-0.4, -0.2) is 43.7 Å². The zero-order valence-electron chi connectivity index (χ0n) is 19.0. The minimum absolute atomic E-state index is 0.0414. The van der Waals surface area contributed by atoms with Crippen molar-refractivity contribution in [1.29, 1.82) is 0 Å². The van der Waals surface area contributed by atoms with E-state index in [1.807, 2.05) is 0 Å². The largest absolute Gasteiger partial charge is 0.454 e. The van der Waals surface area contributed by atoms with Gasteiger partial charge in [0.25, 0.3) is 0 Å². The summed E-state index contributed by atoms with van der Waals surface area (Å²) in [6.07, 6.45) is 6.52. The van der Waals surface area contributed by atoms with E-state index in [1.54, 1.807) is 6.92 Å². The normalized spacial score (nSPS) is 33.1. The van der Waals surface area contributed by atoms with Gasteiger partial charge in [0, 0.05) is 18.5 Å². The highest BCUT2D eigenvalue weighted by molar-refractivity contribution is 7.89. The van der Waals surface area contributed by atoms with E-state index in [0.717, 1.165) is 31.4 Å². The minimum Gasteiger partial charge on any atom is -0.454 e. The molecule has 0 amide bonds. The van der Waals surface area contributed by atoms with Crippen LogP contribution in [0.3, 0.4) is 0 Å². The van der Waals surface area contributed by atoms with Crippen molar-refractivity contribution in [3.8, 4) is 0 Å². The summed E-state index contributed by atoms with van der Waals surface area (Å²) in [6.45, 7) is 2.08. The molecular weight excluding hydrogens is 445 g/mol. The summed E-state index contributed by atoms with van der Waals surface area (Å²) in [7, 11) is -3.73. The first kappa shape index (κ1) is 23.0. The van der Waals surface area contributed by atoms with Crippen molar-refractivity contribution in [2.24, 2.45) is 29.1 Å². The van der Waals surface area contributed by atoms with Gasteiger partial charge in [-0.15, -0.1) is 0 Å². The molecule has 6 nitrogen and oxygen atoms in total. The topological polar surface area (TPSA) is 80.8 Å². The number of sulfonamides is 1. The molecule has 1 aliphatic heterocycles. The second kappa shape index (κ2) is 8.45. The maximum absolute atomic E-state index is 13.4. The fourth-order valence-electron chi connectivity index (χ4n) is 7.26.